The molecule has 90 valence electrons. The molecule has 0 aliphatic carbocycles. The molecule has 0 radical (unpaired) electrons. The van der Waals surface area contributed by atoms with Gasteiger partial charge in [-0.3, -0.25) is 0 Å². The van der Waals surface area contributed by atoms with E-state index in [1.165, 1.54) is 6.07 Å². The van der Waals surface area contributed by atoms with E-state index in [-0.39, 0.29) is 6.04 Å². The van der Waals surface area contributed by atoms with Crippen molar-refractivity contribution in [2.45, 2.75) is 19.9 Å². The Morgan fingerprint density at radius 2 is 2.00 bits per heavy atom. The van der Waals surface area contributed by atoms with Gasteiger partial charge in [0.15, 0.2) is 0 Å². The van der Waals surface area contributed by atoms with Gasteiger partial charge in [0.05, 0.1) is 12.6 Å². The first-order valence-corrected chi connectivity index (χ1v) is 5.30. The summed E-state index contributed by atoms with van der Waals surface area (Å²) in [5.74, 6) is -1.06. The summed E-state index contributed by atoms with van der Waals surface area (Å²) in [5.41, 5.74) is 0.878. The summed E-state index contributed by atoms with van der Waals surface area (Å²) in [6, 6.07) is 2.19. The molecule has 1 aromatic rings. The number of aryl methyl sites for hydroxylation is 1. The van der Waals surface area contributed by atoms with Gasteiger partial charge in [0.1, 0.15) is 11.6 Å². The van der Waals surface area contributed by atoms with Gasteiger partial charge >= 0.3 is 0 Å². The van der Waals surface area contributed by atoms with Crippen molar-refractivity contribution in [2.24, 2.45) is 0 Å². The number of rotatable bonds is 5. The van der Waals surface area contributed by atoms with E-state index < -0.39 is 11.6 Å². The van der Waals surface area contributed by atoms with Crippen LogP contribution in [0.3, 0.4) is 0 Å². The SMILES string of the molecule is CCOCC(NC)c1cc(C)c(F)cc1F. The third-order valence-corrected chi connectivity index (χ3v) is 2.49. The van der Waals surface area contributed by atoms with E-state index in [1.54, 1.807) is 14.0 Å². The predicted octanol–water partition coefficient (Wildman–Crippen LogP) is 2.57. The second-order valence-corrected chi connectivity index (χ2v) is 3.62. The van der Waals surface area contributed by atoms with Gasteiger partial charge in [-0.05, 0) is 32.5 Å². The van der Waals surface area contributed by atoms with Crippen LogP contribution in [0.1, 0.15) is 24.1 Å². The lowest BCUT2D eigenvalue weighted by atomic mass is 10.0. The lowest BCUT2D eigenvalue weighted by molar-refractivity contribution is 0.124. The number of halogens is 2. The summed E-state index contributed by atoms with van der Waals surface area (Å²) < 4.78 is 31.9. The van der Waals surface area contributed by atoms with E-state index in [1.807, 2.05) is 6.92 Å². The van der Waals surface area contributed by atoms with Crippen molar-refractivity contribution >= 4 is 0 Å². The maximum absolute atomic E-state index is 13.6. The van der Waals surface area contributed by atoms with Crippen LogP contribution in [-0.4, -0.2) is 20.3 Å². The second-order valence-electron chi connectivity index (χ2n) is 3.62. The lowest BCUT2D eigenvalue weighted by Crippen LogP contribution is -2.23. The Bertz CT molecular complexity index is 355. The molecule has 0 saturated carbocycles. The maximum Gasteiger partial charge on any atom is 0.131 e. The Morgan fingerprint density at radius 3 is 2.56 bits per heavy atom. The number of likely N-dealkylation sites (N-methyl/N-ethyl adjacent to an activating group) is 1. The van der Waals surface area contributed by atoms with Crippen LogP contribution >= 0.6 is 0 Å². The largest absolute Gasteiger partial charge is 0.380 e. The van der Waals surface area contributed by atoms with Gasteiger partial charge in [0, 0.05) is 18.2 Å². The molecular formula is C12H17F2NO. The highest BCUT2D eigenvalue weighted by Crippen LogP contribution is 2.21. The second kappa shape index (κ2) is 5.92. The van der Waals surface area contributed by atoms with E-state index in [2.05, 4.69) is 5.32 Å². The fraction of sp³-hybridized carbons (Fsp3) is 0.500. The quantitative estimate of drug-likeness (QED) is 0.837. The van der Waals surface area contributed by atoms with E-state index in [9.17, 15) is 8.78 Å². The van der Waals surface area contributed by atoms with Crippen LogP contribution in [0.4, 0.5) is 8.78 Å². The van der Waals surface area contributed by atoms with Crippen LogP contribution in [0.5, 0.6) is 0 Å². The van der Waals surface area contributed by atoms with Crippen LogP contribution in [0.25, 0.3) is 0 Å². The Morgan fingerprint density at radius 1 is 1.31 bits per heavy atom. The molecule has 16 heavy (non-hydrogen) atoms. The van der Waals surface area contributed by atoms with Gasteiger partial charge in [0.25, 0.3) is 0 Å². The van der Waals surface area contributed by atoms with Crippen LogP contribution in [0, 0.1) is 18.6 Å². The van der Waals surface area contributed by atoms with Crippen molar-refractivity contribution in [3.8, 4) is 0 Å². The van der Waals surface area contributed by atoms with Crippen LogP contribution < -0.4 is 5.32 Å². The van der Waals surface area contributed by atoms with Crippen LogP contribution in [-0.2, 0) is 4.74 Å². The number of benzene rings is 1. The van der Waals surface area contributed by atoms with Crippen molar-refractivity contribution < 1.29 is 13.5 Å². The number of ether oxygens (including phenoxy) is 1. The topological polar surface area (TPSA) is 21.3 Å². The van der Waals surface area contributed by atoms with Crippen LogP contribution in [0.15, 0.2) is 12.1 Å². The van der Waals surface area contributed by atoms with Crippen molar-refractivity contribution in [1.29, 1.82) is 0 Å². The average molecular weight is 229 g/mol. The van der Waals surface area contributed by atoms with Crippen molar-refractivity contribution in [2.75, 3.05) is 20.3 Å². The molecule has 0 amide bonds. The molecule has 0 saturated heterocycles. The van der Waals surface area contributed by atoms with Crippen molar-refractivity contribution in [3.63, 3.8) is 0 Å². The number of hydrogen-bond donors (Lipinski definition) is 1. The fourth-order valence-corrected chi connectivity index (χ4v) is 1.51. The minimum absolute atomic E-state index is 0.251. The van der Waals surface area contributed by atoms with Gasteiger partial charge < -0.3 is 10.1 Å². The first kappa shape index (κ1) is 13.1. The standard InChI is InChI=1S/C12H17F2NO/c1-4-16-7-12(15-3)9-5-8(2)10(13)6-11(9)14/h5-6,12,15H,4,7H2,1-3H3. The Hall–Kier alpha value is -1.00. The summed E-state index contributed by atoms with van der Waals surface area (Å²) in [4.78, 5) is 0. The Labute approximate surface area is 94.6 Å². The summed E-state index contributed by atoms with van der Waals surface area (Å²) >= 11 is 0. The zero-order chi connectivity index (χ0) is 12.1. The molecule has 1 N–H and O–H groups in total. The predicted molar refractivity (Wildman–Crippen MR) is 59.4 cm³/mol. The molecule has 0 aliphatic rings. The van der Waals surface area contributed by atoms with Crippen molar-refractivity contribution in [1.82, 2.24) is 5.32 Å². The highest BCUT2D eigenvalue weighted by molar-refractivity contribution is 5.28. The molecule has 1 atom stereocenters. The summed E-state index contributed by atoms with van der Waals surface area (Å²) in [7, 11) is 1.72. The lowest BCUT2D eigenvalue weighted by Gasteiger charge is -2.17. The highest BCUT2D eigenvalue weighted by atomic mass is 19.1. The molecule has 0 heterocycles. The van der Waals surface area contributed by atoms with E-state index in [0.717, 1.165) is 6.07 Å². The van der Waals surface area contributed by atoms with Gasteiger partial charge in [-0.2, -0.15) is 0 Å². The normalized spacial score (nSPS) is 12.8. The fourth-order valence-electron chi connectivity index (χ4n) is 1.51. The van der Waals surface area contributed by atoms with Gasteiger partial charge in [-0.1, -0.05) is 0 Å². The third-order valence-electron chi connectivity index (χ3n) is 2.49. The summed E-state index contributed by atoms with van der Waals surface area (Å²) in [6.07, 6.45) is 0. The first-order valence-electron chi connectivity index (χ1n) is 5.30. The van der Waals surface area contributed by atoms with Crippen LogP contribution in [0.2, 0.25) is 0 Å². The molecule has 1 rings (SSSR count). The molecule has 2 nitrogen and oxygen atoms in total. The number of nitrogens with one attached hydrogen (secondary N) is 1. The molecule has 0 aromatic heterocycles. The number of hydrogen-bond acceptors (Lipinski definition) is 2. The average Bonchev–Trinajstić information content (AvgIpc) is 2.26. The van der Waals surface area contributed by atoms with E-state index >= 15 is 0 Å². The van der Waals surface area contributed by atoms with Gasteiger partial charge in [0.2, 0.25) is 0 Å². The molecule has 0 fully saturated rings. The molecular weight excluding hydrogens is 212 g/mol. The summed E-state index contributed by atoms with van der Waals surface area (Å²) in [6.45, 7) is 4.43. The van der Waals surface area contributed by atoms with Crippen molar-refractivity contribution in [3.05, 3.63) is 34.9 Å². The maximum atomic E-state index is 13.6. The smallest absolute Gasteiger partial charge is 0.131 e. The molecule has 4 heteroatoms. The minimum Gasteiger partial charge on any atom is -0.380 e. The zero-order valence-electron chi connectivity index (χ0n) is 9.81. The molecule has 1 unspecified atom stereocenters. The molecule has 0 aliphatic heterocycles. The summed E-state index contributed by atoms with van der Waals surface area (Å²) in [5, 5.41) is 2.95. The van der Waals surface area contributed by atoms with E-state index in [0.29, 0.717) is 24.3 Å². The molecule has 1 aromatic carbocycles. The van der Waals surface area contributed by atoms with Gasteiger partial charge in [-0.25, -0.2) is 8.78 Å². The van der Waals surface area contributed by atoms with Gasteiger partial charge in [-0.15, -0.1) is 0 Å². The monoisotopic (exact) mass is 229 g/mol. The highest BCUT2D eigenvalue weighted by Gasteiger charge is 2.16. The van der Waals surface area contributed by atoms with E-state index in [4.69, 9.17) is 4.74 Å². The third kappa shape index (κ3) is 3.00. The Balaban J connectivity index is 2.95. The minimum atomic E-state index is -0.540. The molecule has 0 bridgehead atoms. The molecule has 0 spiro atoms. The first-order chi connectivity index (χ1) is 7.60. The Kier molecular flexibility index (Phi) is 4.83. The zero-order valence-corrected chi connectivity index (χ0v) is 9.81.